The molecule has 3 heterocycles. The van der Waals surface area contributed by atoms with Crippen LogP contribution in [-0.2, 0) is 31.1 Å². The van der Waals surface area contributed by atoms with Gasteiger partial charge in [0.05, 0.1) is 11.8 Å². The first-order valence-electron chi connectivity index (χ1n) is 10.8. The summed E-state index contributed by atoms with van der Waals surface area (Å²) >= 11 is 0. The van der Waals surface area contributed by atoms with E-state index in [0.717, 1.165) is 5.56 Å². The molecule has 3 aliphatic heterocycles. The molecular weight excluding hydrogens is 410 g/mol. The number of carbonyl (C=O) groups excluding carboxylic acids is 3. The van der Waals surface area contributed by atoms with Crippen LogP contribution in [0, 0.1) is 11.8 Å². The van der Waals surface area contributed by atoms with Crippen LogP contribution in [0.5, 0.6) is 5.75 Å². The zero-order valence-corrected chi connectivity index (χ0v) is 17.7. The molecule has 8 heteroatoms. The quantitative estimate of drug-likeness (QED) is 0.468. The van der Waals surface area contributed by atoms with Crippen LogP contribution in [0.1, 0.15) is 17.5 Å². The van der Waals surface area contributed by atoms with Gasteiger partial charge in [0, 0.05) is 37.6 Å². The van der Waals surface area contributed by atoms with Crippen LogP contribution in [0.15, 0.2) is 48.5 Å². The maximum atomic E-state index is 13.6. The topological polar surface area (TPSA) is 108 Å². The van der Waals surface area contributed by atoms with E-state index < -0.39 is 23.4 Å². The molecule has 0 saturated carbocycles. The van der Waals surface area contributed by atoms with E-state index in [-0.39, 0.29) is 30.0 Å². The zero-order chi connectivity index (χ0) is 22.5. The van der Waals surface area contributed by atoms with E-state index in [1.807, 2.05) is 24.3 Å². The summed E-state index contributed by atoms with van der Waals surface area (Å²) in [5, 5.41) is 15.9. The van der Waals surface area contributed by atoms with Gasteiger partial charge in [-0.2, -0.15) is 0 Å². The fourth-order valence-electron chi connectivity index (χ4n) is 5.47. The molecule has 4 atom stereocenters. The van der Waals surface area contributed by atoms with Crippen LogP contribution < -0.4 is 10.6 Å². The minimum Gasteiger partial charge on any atom is -0.508 e. The van der Waals surface area contributed by atoms with Crippen molar-refractivity contribution in [1.29, 1.82) is 0 Å². The van der Waals surface area contributed by atoms with Crippen molar-refractivity contribution in [2.45, 2.75) is 24.4 Å². The molecule has 0 unspecified atom stereocenters. The van der Waals surface area contributed by atoms with Crippen LogP contribution in [0.3, 0.4) is 0 Å². The number of phenols is 1. The van der Waals surface area contributed by atoms with Crippen molar-refractivity contribution in [1.82, 2.24) is 10.2 Å². The second kappa shape index (κ2) is 7.72. The number of aromatic hydroxyl groups is 1. The normalized spacial score (nSPS) is 28.3. The molecule has 3 N–H and O–H groups in total. The molecule has 3 aliphatic rings. The Morgan fingerprint density at radius 3 is 2.56 bits per heavy atom. The van der Waals surface area contributed by atoms with Crippen molar-refractivity contribution < 1.29 is 24.2 Å². The number of anilines is 1. The number of ether oxygens (including phenoxy) is 1. The van der Waals surface area contributed by atoms with Crippen LogP contribution in [0.2, 0.25) is 0 Å². The lowest BCUT2D eigenvalue weighted by molar-refractivity contribution is -0.143. The average molecular weight is 435 g/mol. The molecule has 8 nitrogen and oxygen atoms in total. The lowest BCUT2D eigenvalue weighted by Crippen LogP contribution is -2.53. The van der Waals surface area contributed by atoms with Gasteiger partial charge in [-0.1, -0.05) is 30.3 Å². The Kier molecular flexibility index (Phi) is 4.98. The number of imide groups is 1. The second-order valence-electron chi connectivity index (χ2n) is 8.61. The van der Waals surface area contributed by atoms with Crippen LogP contribution in [0.25, 0.3) is 0 Å². The van der Waals surface area contributed by atoms with E-state index in [1.54, 1.807) is 31.4 Å². The molecule has 0 aromatic heterocycles. The lowest BCUT2D eigenvalue weighted by atomic mass is 9.76. The molecule has 32 heavy (non-hydrogen) atoms. The van der Waals surface area contributed by atoms with Crippen molar-refractivity contribution in [3.05, 3.63) is 59.7 Å². The van der Waals surface area contributed by atoms with E-state index in [4.69, 9.17) is 4.74 Å². The molecule has 3 amide bonds. The number of likely N-dealkylation sites (tertiary alicyclic amines) is 1. The number of rotatable bonds is 6. The summed E-state index contributed by atoms with van der Waals surface area (Å²) in [6, 6.07) is 13.7. The molecule has 1 spiro atoms. The summed E-state index contributed by atoms with van der Waals surface area (Å²) in [6.45, 7) is 0.708. The van der Waals surface area contributed by atoms with Crippen molar-refractivity contribution in [2.75, 3.05) is 25.6 Å². The number of hydrogen-bond acceptors (Lipinski definition) is 6. The van der Waals surface area contributed by atoms with Gasteiger partial charge in [-0.25, -0.2) is 0 Å². The van der Waals surface area contributed by atoms with E-state index in [0.29, 0.717) is 30.7 Å². The number of carbonyl (C=O) groups is 3. The van der Waals surface area contributed by atoms with Crippen LogP contribution in [0.4, 0.5) is 5.69 Å². The Balaban J connectivity index is 1.56. The molecule has 2 aromatic rings. The fourth-order valence-corrected chi connectivity index (χ4v) is 5.47. The molecule has 0 bridgehead atoms. The van der Waals surface area contributed by atoms with Crippen molar-refractivity contribution in [3.63, 3.8) is 0 Å². The smallest absolute Gasteiger partial charge is 0.250 e. The third-order valence-electron chi connectivity index (χ3n) is 6.84. The average Bonchev–Trinajstić information content (AvgIpc) is 3.36. The number of hydrogen-bond donors (Lipinski definition) is 3. The number of methoxy groups -OCH3 is 1. The van der Waals surface area contributed by atoms with E-state index in [2.05, 4.69) is 10.6 Å². The molecule has 2 aromatic carbocycles. The van der Waals surface area contributed by atoms with Gasteiger partial charge >= 0.3 is 0 Å². The SMILES string of the molecule is COCCCN1C(=O)[C@H]2[C@@H](C1=O)[C@]1(N[C@@H]2Cc2ccc(O)cc2)C(=O)Nc2ccccc21. The first kappa shape index (κ1) is 20.7. The lowest BCUT2D eigenvalue weighted by Gasteiger charge is -2.29. The minimum atomic E-state index is -1.29. The van der Waals surface area contributed by atoms with Gasteiger partial charge in [0.15, 0.2) is 0 Å². The summed E-state index contributed by atoms with van der Waals surface area (Å²) in [5.41, 5.74) is 0.979. The highest BCUT2D eigenvalue weighted by Crippen LogP contribution is 2.53. The van der Waals surface area contributed by atoms with E-state index >= 15 is 0 Å². The predicted octanol–water partition coefficient (Wildman–Crippen LogP) is 1.39. The summed E-state index contributed by atoms with van der Waals surface area (Å²) in [4.78, 5) is 41.7. The largest absolute Gasteiger partial charge is 0.508 e. The Morgan fingerprint density at radius 1 is 1.06 bits per heavy atom. The Bertz CT molecular complexity index is 1090. The van der Waals surface area contributed by atoms with E-state index in [9.17, 15) is 19.5 Å². The Labute approximate surface area is 185 Å². The highest BCUT2D eigenvalue weighted by atomic mass is 16.5. The van der Waals surface area contributed by atoms with Crippen molar-refractivity contribution in [2.24, 2.45) is 11.8 Å². The second-order valence-corrected chi connectivity index (χ2v) is 8.61. The maximum Gasteiger partial charge on any atom is 0.250 e. The molecule has 2 saturated heterocycles. The minimum absolute atomic E-state index is 0.156. The van der Waals surface area contributed by atoms with Crippen LogP contribution in [-0.4, -0.2) is 54.0 Å². The molecule has 5 rings (SSSR count). The first-order chi connectivity index (χ1) is 15.5. The maximum absolute atomic E-state index is 13.6. The number of para-hydroxylation sites is 1. The third kappa shape index (κ3) is 2.94. The van der Waals surface area contributed by atoms with Gasteiger partial charge in [-0.15, -0.1) is 0 Å². The molecule has 0 radical (unpaired) electrons. The first-order valence-corrected chi connectivity index (χ1v) is 10.8. The fraction of sp³-hybridized carbons (Fsp3) is 0.375. The third-order valence-corrected chi connectivity index (χ3v) is 6.84. The predicted molar refractivity (Wildman–Crippen MR) is 116 cm³/mol. The van der Waals surface area contributed by atoms with Gasteiger partial charge < -0.3 is 15.2 Å². The summed E-state index contributed by atoms with van der Waals surface area (Å²) in [6.07, 6.45) is 0.989. The van der Waals surface area contributed by atoms with Crippen LogP contribution >= 0.6 is 0 Å². The van der Waals surface area contributed by atoms with Gasteiger partial charge in [0.25, 0.3) is 0 Å². The summed E-state index contributed by atoms with van der Waals surface area (Å²) < 4.78 is 5.09. The van der Waals surface area contributed by atoms with Crippen molar-refractivity contribution in [3.8, 4) is 5.75 Å². The van der Waals surface area contributed by atoms with Gasteiger partial charge in [-0.3, -0.25) is 24.6 Å². The van der Waals surface area contributed by atoms with Gasteiger partial charge in [0.1, 0.15) is 11.3 Å². The number of nitrogens with zero attached hydrogens (tertiary/aromatic N) is 1. The van der Waals surface area contributed by atoms with Crippen molar-refractivity contribution >= 4 is 23.4 Å². The van der Waals surface area contributed by atoms with E-state index in [1.165, 1.54) is 4.90 Å². The number of nitrogens with one attached hydrogen (secondary N) is 2. The molecular formula is C24H25N3O5. The zero-order valence-electron chi connectivity index (χ0n) is 17.7. The molecule has 166 valence electrons. The standard InChI is InChI=1S/C24H25N3O5/c1-32-12-4-11-27-21(29)19-18(13-14-7-9-15(28)10-8-14)26-24(20(19)22(27)30)16-5-2-3-6-17(16)25-23(24)31/h2-3,5-10,18-20,26,28H,4,11-13H2,1H3,(H,25,31)/t18-,19-,20+,24+/m1/s1. The number of benzene rings is 2. The molecule has 0 aliphatic carbocycles. The van der Waals surface area contributed by atoms with Gasteiger partial charge in [0.2, 0.25) is 17.7 Å². The number of amides is 3. The number of phenolic OH excluding ortho intramolecular Hbond substituents is 1. The highest BCUT2D eigenvalue weighted by Gasteiger charge is 2.70. The Hall–Kier alpha value is -3.23. The summed E-state index contributed by atoms with van der Waals surface area (Å²) in [7, 11) is 1.58. The Morgan fingerprint density at radius 2 is 1.81 bits per heavy atom. The highest BCUT2D eigenvalue weighted by molar-refractivity contribution is 6.15. The number of fused-ring (bicyclic) bond motifs is 4. The molecule has 2 fully saturated rings. The summed E-state index contributed by atoms with van der Waals surface area (Å²) in [5.74, 6) is -2.19. The monoisotopic (exact) mass is 435 g/mol. The van der Waals surface area contributed by atoms with Gasteiger partial charge in [-0.05, 0) is 36.6 Å².